The fourth-order valence-corrected chi connectivity index (χ4v) is 3.78. The van der Waals surface area contributed by atoms with Crippen LogP contribution in [0.2, 0.25) is 0 Å². The van der Waals surface area contributed by atoms with Crippen molar-refractivity contribution >= 4 is 45.3 Å². The van der Waals surface area contributed by atoms with E-state index in [0.717, 1.165) is 20.5 Å². The van der Waals surface area contributed by atoms with Crippen LogP contribution in [0.4, 0.5) is 5.69 Å². The van der Waals surface area contributed by atoms with Gasteiger partial charge in [-0.2, -0.15) is 0 Å². The molecular formula is C24H19BrN2O6. The van der Waals surface area contributed by atoms with Crippen molar-refractivity contribution in [2.45, 2.75) is 20.4 Å². The summed E-state index contributed by atoms with van der Waals surface area (Å²) < 4.78 is 11.3. The molecule has 1 aromatic heterocycles. The Kier molecular flexibility index (Phi) is 6.15. The molecule has 3 aromatic rings. The van der Waals surface area contributed by atoms with E-state index in [1.54, 1.807) is 24.3 Å². The number of hydrogen-bond acceptors (Lipinski definition) is 6. The number of furan rings is 1. The highest BCUT2D eigenvalue weighted by Crippen LogP contribution is 2.27. The van der Waals surface area contributed by atoms with Gasteiger partial charge in [-0.25, -0.2) is 4.79 Å². The summed E-state index contributed by atoms with van der Waals surface area (Å²) in [5.74, 6) is -1.81. The number of anilines is 1. The molecule has 0 radical (unpaired) electrons. The summed E-state index contributed by atoms with van der Waals surface area (Å²) in [6, 6.07) is 11.0. The van der Waals surface area contributed by atoms with Gasteiger partial charge < -0.3 is 14.5 Å². The zero-order valence-corrected chi connectivity index (χ0v) is 19.4. The summed E-state index contributed by atoms with van der Waals surface area (Å²) in [5.41, 5.74) is 2.87. The van der Waals surface area contributed by atoms with Crippen LogP contribution in [0.15, 0.2) is 57.6 Å². The van der Waals surface area contributed by atoms with Crippen LogP contribution in [-0.2, 0) is 16.1 Å². The molecular weight excluding hydrogens is 492 g/mol. The standard InChI is InChI=1S/C24H19BrN2O6/c1-13-8-16(9-14(2)21(13)25)26-20(28)12-33-24(31)15-5-6-18-19(10-15)23(30)27(22(18)29)11-17-4-3-7-32-17/h3-10H,11-12H2,1-2H3,(H,26,28). The van der Waals surface area contributed by atoms with Crippen LogP contribution in [0.3, 0.4) is 0 Å². The van der Waals surface area contributed by atoms with Gasteiger partial charge in [-0.1, -0.05) is 15.9 Å². The zero-order chi connectivity index (χ0) is 23.7. The number of carbonyl (C=O) groups excluding carboxylic acids is 4. The van der Waals surface area contributed by atoms with E-state index >= 15 is 0 Å². The Bertz CT molecular complexity index is 1260. The number of rotatable bonds is 6. The van der Waals surface area contributed by atoms with E-state index in [4.69, 9.17) is 9.15 Å². The summed E-state index contributed by atoms with van der Waals surface area (Å²) in [7, 11) is 0. The Hall–Kier alpha value is -3.72. The first-order valence-corrected chi connectivity index (χ1v) is 10.8. The number of benzene rings is 2. The van der Waals surface area contributed by atoms with Crippen molar-refractivity contribution in [2.75, 3.05) is 11.9 Å². The van der Waals surface area contributed by atoms with E-state index < -0.39 is 30.3 Å². The molecule has 0 aliphatic carbocycles. The van der Waals surface area contributed by atoms with Crippen LogP contribution >= 0.6 is 15.9 Å². The highest BCUT2D eigenvalue weighted by molar-refractivity contribution is 9.10. The summed E-state index contributed by atoms with van der Waals surface area (Å²) in [6.45, 7) is 3.31. The molecule has 2 heterocycles. The lowest BCUT2D eigenvalue weighted by Gasteiger charge is -2.11. The van der Waals surface area contributed by atoms with E-state index in [9.17, 15) is 19.2 Å². The molecule has 4 rings (SSSR count). The van der Waals surface area contributed by atoms with Crippen LogP contribution < -0.4 is 5.32 Å². The zero-order valence-electron chi connectivity index (χ0n) is 17.8. The Labute approximate surface area is 197 Å². The van der Waals surface area contributed by atoms with Crippen molar-refractivity contribution in [2.24, 2.45) is 0 Å². The maximum Gasteiger partial charge on any atom is 0.338 e. The quantitative estimate of drug-likeness (QED) is 0.392. The average Bonchev–Trinajstić information content (AvgIpc) is 3.38. The van der Waals surface area contributed by atoms with Gasteiger partial charge in [-0.05, 0) is 67.4 Å². The van der Waals surface area contributed by atoms with Crippen LogP contribution in [-0.4, -0.2) is 35.2 Å². The Morgan fingerprint density at radius 2 is 1.73 bits per heavy atom. The number of imide groups is 1. The molecule has 0 spiro atoms. The summed E-state index contributed by atoms with van der Waals surface area (Å²) in [4.78, 5) is 51.0. The minimum Gasteiger partial charge on any atom is -0.467 e. The number of fused-ring (bicyclic) bond motifs is 1. The Balaban J connectivity index is 1.40. The van der Waals surface area contributed by atoms with Crippen molar-refractivity contribution in [1.29, 1.82) is 0 Å². The number of ether oxygens (including phenoxy) is 1. The Morgan fingerprint density at radius 3 is 2.39 bits per heavy atom. The van der Waals surface area contributed by atoms with Gasteiger partial charge in [0.15, 0.2) is 6.61 Å². The molecule has 9 heteroatoms. The molecule has 8 nitrogen and oxygen atoms in total. The van der Waals surface area contributed by atoms with E-state index in [0.29, 0.717) is 11.4 Å². The maximum absolute atomic E-state index is 12.7. The fourth-order valence-electron chi connectivity index (χ4n) is 3.55. The highest BCUT2D eigenvalue weighted by atomic mass is 79.9. The number of amides is 3. The van der Waals surface area contributed by atoms with Crippen molar-refractivity contribution in [1.82, 2.24) is 4.90 Å². The molecule has 0 bridgehead atoms. The summed E-state index contributed by atoms with van der Waals surface area (Å²) in [5, 5.41) is 2.69. The molecule has 0 atom stereocenters. The van der Waals surface area contributed by atoms with Crippen molar-refractivity contribution in [3.63, 3.8) is 0 Å². The van der Waals surface area contributed by atoms with Crippen LogP contribution in [0.5, 0.6) is 0 Å². The number of nitrogens with one attached hydrogen (secondary N) is 1. The highest BCUT2D eigenvalue weighted by Gasteiger charge is 2.36. The topological polar surface area (TPSA) is 106 Å². The monoisotopic (exact) mass is 510 g/mol. The van der Waals surface area contributed by atoms with Gasteiger partial charge in [0.2, 0.25) is 0 Å². The van der Waals surface area contributed by atoms with Gasteiger partial charge in [-0.15, -0.1) is 0 Å². The molecule has 3 amide bonds. The number of hydrogen-bond donors (Lipinski definition) is 1. The van der Waals surface area contributed by atoms with Crippen molar-refractivity contribution in [3.05, 3.63) is 86.8 Å². The molecule has 1 aliphatic heterocycles. The van der Waals surface area contributed by atoms with Crippen LogP contribution in [0, 0.1) is 13.8 Å². The van der Waals surface area contributed by atoms with Gasteiger partial charge in [0, 0.05) is 10.2 Å². The molecule has 0 saturated carbocycles. The first kappa shape index (κ1) is 22.5. The molecule has 33 heavy (non-hydrogen) atoms. The van der Waals surface area contributed by atoms with Gasteiger partial charge in [0.25, 0.3) is 17.7 Å². The fraction of sp³-hybridized carbons (Fsp3) is 0.167. The van der Waals surface area contributed by atoms with Crippen molar-refractivity contribution < 1.29 is 28.3 Å². The largest absolute Gasteiger partial charge is 0.467 e. The van der Waals surface area contributed by atoms with Crippen LogP contribution in [0.25, 0.3) is 0 Å². The van der Waals surface area contributed by atoms with Gasteiger partial charge in [0.1, 0.15) is 5.76 Å². The molecule has 2 aromatic carbocycles. The number of halogens is 1. The first-order chi connectivity index (χ1) is 15.7. The second-order valence-electron chi connectivity index (χ2n) is 7.58. The SMILES string of the molecule is Cc1cc(NC(=O)COC(=O)c2ccc3c(c2)C(=O)N(Cc2ccco2)C3=O)cc(C)c1Br. The second-order valence-corrected chi connectivity index (χ2v) is 8.38. The second kappa shape index (κ2) is 9.03. The lowest BCUT2D eigenvalue weighted by Crippen LogP contribution is -2.28. The normalized spacial score (nSPS) is 12.6. The molecule has 0 unspecified atom stereocenters. The Morgan fingerprint density at radius 1 is 1.03 bits per heavy atom. The number of nitrogens with zero attached hydrogens (tertiary/aromatic N) is 1. The molecule has 168 valence electrons. The lowest BCUT2D eigenvalue weighted by atomic mass is 10.1. The molecule has 0 fully saturated rings. The summed E-state index contributed by atoms with van der Waals surface area (Å²) >= 11 is 3.47. The van der Waals surface area contributed by atoms with E-state index in [2.05, 4.69) is 21.2 Å². The third-order valence-electron chi connectivity index (χ3n) is 5.16. The lowest BCUT2D eigenvalue weighted by molar-refractivity contribution is -0.119. The minimum absolute atomic E-state index is 0.00565. The predicted molar refractivity (Wildman–Crippen MR) is 122 cm³/mol. The van der Waals surface area contributed by atoms with E-state index in [1.807, 2.05) is 13.8 Å². The average molecular weight is 511 g/mol. The third-order valence-corrected chi connectivity index (χ3v) is 6.41. The molecule has 0 saturated heterocycles. The number of esters is 1. The van der Waals surface area contributed by atoms with Gasteiger partial charge in [0.05, 0.1) is 29.5 Å². The predicted octanol–water partition coefficient (Wildman–Crippen LogP) is 4.25. The van der Waals surface area contributed by atoms with E-state index in [-0.39, 0.29) is 23.2 Å². The van der Waals surface area contributed by atoms with Crippen LogP contribution in [0.1, 0.15) is 48.0 Å². The number of carbonyl (C=O) groups is 4. The molecule has 1 aliphatic rings. The van der Waals surface area contributed by atoms with Gasteiger partial charge in [-0.3, -0.25) is 19.3 Å². The maximum atomic E-state index is 12.7. The van der Waals surface area contributed by atoms with Crippen molar-refractivity contribution in [3.8, 4) is 0 Å². The smallest absolute Gasteiger partial charge is 0.338 e. The van der Waals surface area contributed by atoms with E-state index in [1.165, 1.54) is 24.5 Å². The summed E-state index contributed by atoms with van der Waals surface area (Å²) in [6.07, 6.45) is 1.46. The molecule has 1 N–H and O–H groups in total. The number of aryl methyl sites for hydroxylation is 2. The minimum atomic E-state index is -0.777. The van der Waals surface area contributed by atoms with Gasteiger partial charge >= 0.3 is 5.97 Å². The third kappa shape index (κ3) is 4.58. The first-order valence-electron chi connectivity index (χ1n) is 10.0.